The van der Waals surface area contributed by atoms with Crippen LogP contribution in [0.25, 0.3) is 0 Å². The maximum Gasteiger partial charge on any atom is 0.335 e. The smallest absolute Gasteiger partial charge is 0.335 e. The highest BCUT2D eigenvalue weighted by Gasteiger charge is 2.24. The Morgan fingerprint density at radius 3 is 1.79 bits per heavy atom. The van der Waals surface area contributed by atoms with Crippen molar-refractivity contribution in [2.24, 2.45) is 0 Å². The highest BCUT2D eigenvalue weighted by Crippen LogP contribution is 2.51. The van der Waals surface area contributed by atoms with Gasteiger partial charge in [0, 0.05) is 18.8 Å². The highest BCUT2D eigenvalue weighted by atomic mass is 31.2. The van der Waals surface area contributed by atoms with Crippen LogP contribution in [-0.4, -0.2) is 26.3 Å². The summed E-state index contributed by atoms with van der Waals surface area (Å²) < 4.78 is 23.4. The van der Waals surface area contributed by atoms with E-state index in [1.54, 1.807) is 0 Å². The van der Waals surface area contributed by atoms with Gasteiger partial charge in [-0.2, -0.15) is 0 Å². The van der Waals surface area contributed by atoms with Gasteiger partial charge in [-0.25, -0.2) is 0 Å². The molecule has 24 heavy (non-hydrogen) atoms. The van der Waals surface area contributed by atoms with Crippen molar-refractivity contribution >= 4 is 13.3 Å². The Morgan fingerprint density at radius 1 is 0.875 bits per heavy atom. The third-order valence-corrected chi connectivity index (χ3v) is 5.95. The molecule has 0 amide bonds. The van der Waals surface area contributed by atoms with Crippen LogP contribution in [0.15, 0.2) is 24.3 Å². The van der Waals surface area contributed by atoms with E-state index in [1.807, 2.05) is 26.0 Å². The monoisotopic (exact) mass is 355 g/mol. The molecular weight excluding hydrogens is 321 g/mol. The van der Waals surface area contributed by atoms with Crippen LogP contribution in [-0.2, 0) is 19.8 Å². The van der Waals surface area contributed by atoms with Gasteiger partial charge < -0.3 is 13.9 Å². The van der Waals surface area contributed by atoms with Crippen molar-refractivity contribution in [3.8, 4) is 0 Å². The fourth-order valence-corrected chi connectivity index (χ4v) is 4.33. The number of unbranched alkanes of at least 4 members (excludes halogenated alkanes) is 2. The molecule has 0 heterocycles. The van der Waals surface area contributed by atoms with Crippen LogP contribution >= 0.6 is 7.60 Å². The second kappa shape index (κ2) is 11.7. The molecule has 0 unspecified atom stereocenters. The lowest BCUT2D eigenvalue weighted by Gasteiger charge is -2.25. The lowest BCUT2D eigenvalue weighted by Crippen LogP contribution is -2.25. The van der Waals surface area contributed by atoms with Crippen molar-refractivity contribution in [1.82, 2.24) is 0 Å². The zero-order chi connectivity index (χ0) is 17.8. The molecule has 0 bridgehead atoms. The van der Waals surface area contributed by atoms with Gasteiger partial charge in [-0.3, -0.25) is 4.57 Å². The number of rotatable bonds is 13. The molecule has 0 aliphatic rings. The molecule has 1 rings (SSSR count). The molecule has 0 spiro atoms. The molecule has 0 aliphatic heterocycles. The van der Waals surface area contributed by atoms with Crippen LogP contribution in [0, 0.1) is 0 Å². The van der Waals surface area contributed by atoms with Gasteiger partial charge in [0.1, 0.15) is 0 Å². The van der Waals surface area contributed by atoms with E-state index in [-0.39, 0.29) is 0 Å². The minimum absolute atomic E-state index is 0.332. The Labute approximate surface area is 148 Å². The average Bonchev–Trinajstić information content (AvgIpc) is 2.56. The lowest BCUT2D eigenvalue weighted by molar-refractivity contribution is 0.219. The number of benzene rings is 1. The van der Waals surface area contributed by atoms with Crippen molar-refractivity contribution in [2.45, 2.75) is 59.5 Å². The molecule has 0 saturated heterocycles. The van der Waals surface area contributed by atoms with E-state index in [4.69, 9.17) is 9.05 Å². The number of hydrogen-bond donors (Lipinski definition) is 0. The second-order valence-corrected chi connectivity index (χ2v) is 8.02. The van der Waals surface area contributed by atoms with Crippen molar-refractivity contribution in [1.29, 1.82) is 0 Å². The van der Waals surface area contributed by atoms with Crippen molar-refractivity contribution in [2.75, 3.05) is 31.2 Å². The van der Waals surface area contributed by atoms with E-state index in [0.29, 0.717) is 19.4 Å². The molecule has 0 atom stereocenters. The number of hydrogen-bond acceptors (Lipinski definition) is 4. The highest BCUT2D eigenvalue weighted by molar-refractivity contribution is 7.53. The molecule has 138 valence electrons. The quantitative estimate of drug-likeness (QED) is 0.415. The third kappa shape index (κ3) is 7.38. The van der Waals surface area contributed by atoms with E-state index in [0.717, 1.165) is 18.7 Å². The van der Waals surface area contributed by atoms with E-state index >= 15 is 0 Å². The fourth-order valence-electron chi connectivity index (χ4n) is 2.63. The molecule has 0 aliphatic carbocycles. The van der Waals surface area contributed by atoms with Gasteiger partial charge >= 0.3 is 7.60 Å². The van der Waals surface area contributed by atoms with Gasteiger partial charge in [-0.05, 0) is 44.4 Å². The molecule has 0 aromatic heterocycles. The largest absolute Gasteiger partial charge is 0.372 e. The Bertz CT molecular complexity index is 472. The predicted molar refractivity (Wildman–Crippen MR) is 103 cm³/mol. The van der Waals surface area contributed by atoms with E-state index < -0.39 is 7.60 Å². The zero-order valence-electron chi connectivity index (χ0n) is 15.8. The van der Waals surface area contributed by atoms with Crippen LogP contribution in [0.4, 0.5) is 5.69 Å². The molecule has 4 nitrogen and oxygen atoms in total. The first-order valence-electron chi connectivity index (χ1n) is 9.30. The molecule has 0 saturated carbocycles. The maximum absolute atomic E-state index is 12.6. The van der Waals surface area contributed by atoms with Crippen LogP contribution in [0.1, 0.15) is 58.9 Å². The Kier molecular flexibility index (Phi) is 10.3. The SMILES string of the molecule is CCCCN(CCCC)c1ccc(CP(=O)(OCC)OCC)cc1. The predicted octanol–water partition coefficient (Wildman–Crippen LogP) is 5.86. The van der Waals surface area contributed by atoms with Crippen LogP contribution in [0.2, 0.25) is 0 Å². The van der Waals surface area contributed by atoms with Crippen molar-refractivity contribution in [3.05, 3.63) is 29.8 Å². The van der Waals surface area contributed by atoms with E-state index in [2.05, 4.69) is 30.9 Å². The normalized spacial score (nSPS) is 11.7. The number of nitrogens with zero attached hydrogens (tertiary/aromatic N) is 1. The van der Waals surface area contributed by atoms with Gasteiger partial charge in [0.25, 0.3) is 0 Å². The molecular formula is C19H34NO3P. The summed E-state index contributed by atoms with van der Waals surface area (Å²) in [6.45, 7) is 11.1. The Balaban J connectivity index is 2.79. The average molecular weight is 355 g/mol. The third-order valence-electron chi connectivity index (χ3n) is 3.89. The summed E-state index contributed by atoms with van der Waals surface area (Å²) in [5.41, 5.74) is 2.23. The first-order chi connectivity index (χ1) is 11.6. The molecule has 0 radical (unpaired) electrons. The van der Waals surface area contributed by atoms with Gasteiger partial charge in [-0.1, -0.05) is 38.8 Å². The Hall–Kier alpha value is -0.830. The van der Waals surface area contributed by atoms with Crippen molar-refractivity contribution < 1.29 is 13.6 Å². The summed E-state index contributed by atoms with van der Waals surface area (Å²) in [5, 5.41) is 0. The molecule has 1 aromatic rings. The summed E-state index contributed by atoms with van der Waals surface area (Å²) in [6, 6.07) is 8.35. The summed E-state index contributed by atoms with van der Waals surface area (Å²) in [5.74, 6) is 0. The molecule has 0 N–H and O–H groups in total. The van der Waals surface area contributed by atoms with Crippen molar-refractivity contribution in [3.63, 3.8) is 0 Å². The molecule has 5 heteroatoms. The van der Waals surface area contributed by atoms with Gasteiger partial charge in [0.05, 0.1) is 19.4 Å². The van der Waals surface area contributed by atoms with Crippen LogP contribution in [0.5, 0.6) is 0 Å². The minimum atomic E-state index is -3.03. The summed E-state index contributed by atoms with van der Waals surface area (Å²) >= 11 is 0. The lowest BCUT2D eigenvalue weighted by atomic mass is 10.2. The maximum atomic E-state index is 12.6. The van der Waals surface area contributed by atoms with Crippen LogP contribution in [0.3, 0.4) is 0 Å². The van der Waals surface area contributed by atoms with E-state index in [1.165, 1.54) is 31.4 Å². The number of anilines is 1. The first-order valence-corrected chi connectivity index (χ1v) is 11.0. The summed E-state index contributed by atoms with van der Waals surface area (Å²) in [6.07, 6.45) is 5.14. The topological polar surface area (TPSA) is 38.8 Å². The molecule has 1 aromatic carbocycles. The molecule has 0 fully saturated rings. The minimum Gasteiger partial charge on any atom is -0.372 e. The first kappa shape index (κ1) is 21.2. The van der Waals surface area contributed by atoms with E-state index in [9.17, 15) is 4.57 Å². The van der Waals surface area contributed by atoms with Gasteiger partial charge in [-0.15, -0.1) is 0 Å². The van der Waals surface area contributed by atoms with Gasteiger partial charge in [0.2, 0.25) is 0 Å². The Morgan fingerprint density at radius 2 is 1.38 bits per heavy atom. The van der Waals surface area contributed by atoms with Gasteiger partial charge in [0.15, 0.2) is 0 Å². The summed E-state index contributed by atoms with van der Waals surface area (Å²) in [7, 11) is -3.03. The standard InChI is InChI=1S/C19H34NO3P/c1-5-9-15-20(16-10-6-2)19-13-11-18(12-14-19)17-24(21,22-7-3)23-8-4/h11-14H,5-10,15-17H2,1-4H3. The fraction of sp³-hybridized carbons (Fsp3) is 0.684. The zero-order valence-corrected chi connectivity index (χ0v) is 16.7. The second-order valence-electron chi connectivity index (χ2n) is 5.97. The van der Waals surface area contributed by atoms with Crippen LogP contribution < -0.4 is 4.90 Å². The summed E-state index contributed by atoms with van der Waals surface area (Å²) in [4.78, 5) is 2.45.